The summed E-state index contributed by atoms with van der Waals surface area (Å²) >= 11 is 0. The lowest BCUT2D eigenvalue weighted by Gasteiger charge is -2.25. The van der Waals surface area contributed by atoms with E-state index in [1.807, 2.05) is 0 Å². The van der Waals surface area contributed by atoms with Gasteiger partial charge >= 0.3 is 6.18 Å². The van der Waals surface area contributed by atoms with Crippen LogP contribution >= 0.6 is 0 Å². The Kier molecular flexibility index (Phi) is 9.13. The van der Waals surface area contributed by atoms with Crippen LogP contribution in [0.1, 0.15) is 66.6 Å². The number of aryl methyl sites for hydroxylation is 1. The quantitative estimate of drug-likeness (QED) is 0.163. The SMILES string of the molecule is COc1c(Nc2cc(Nc3ccc(C(=O)N4CCCC4)c(C(F)(F)F)n3)nc3c2nc(C(F)F)n3C2CCCCO2)cccc1-c1nnn(C)n1. The van der Waals surface area contributed by atoms with Gasteiger partial charge in [0, 0.05) is 25.8 Å². The van der Waals surface area contributed by atoms with Gasteiger partial charge in [-0.15, -0.1) is 10.2 Å². The molecule has 2 saturated heterocycles. The molecular weight excluding hydrogens is 681 g/mol. The normalized spacial score (nSPS) is 16.6. The number of imidazole rings is 1. The van der Waals surface area contributed by atoms with E-state index >= 15 is 0 Å². The van der Waals surface area contributed by atoms with Crippen molar-refractivity contribution in [3.05, 3.63) is 53.5 Å². The van der Waals surface area contributed by atoms with Gasteiger partial charge < -0.3 is 25.0 Å². The number of pyridine rings is 2. The maximum absolute atomic E-state index is 14.6. The van der Waals surface area contributed by atoms with Gasteiger partial charge in [-0.3, -0.25) is 9.36 Å². The van der Waals surface area contributed by atoms with E-state index in [1.54, 1.807) is 25.2 Å². The van der Waals surface area contributed by atoms with Crippen LogP contribution in [0.2, 0.25) is 0 Å². The zero-order valence-corrected chi connectivity index (χ0v) is 27.4. The van der Waals surface area contributed by atoms with Gasteiger partial charge in [0.05, 0.1) is 36.7 Å². The van der Waals surface area contributed by atoms with Crippen molar-refractivity contribution in [3.8, 4) is 17.1 Å². The number of halogens is 5. The number of likely N-dealkylation sites (tertiary alicyclic amines) is 1. The van der Waals surface area contributed by atoms with E-state index in [0.29, 0.717) is 62.4 Å². The van der Waals surface area contributed by atoms with Crippen molar-refractivity contribution in [2.24, 2.45) is 7.05 Å². The largest absolute Gasteiger partial charge is 0.494 e. The lowest BCUT2D eigenvalue weighted by molar-refractivity contribution is -0.141. The molecule has 1 aromatic carbocycles. The average Bonchev–Trinajstić information content (AvgIpc) is 3.89. The van der Waals surface area contributed by atoms with Crippen LogP contribution < -0.4 is 15.4 Å². The molecule has 2 fully saturated rings. The summed E-state index contributed by atoms with van der Waals surface area (Å²) in [6.45, 7) is 1.05. The second-order valence-electron chi connectivity index (χ2n) is 12.0. The number of carbonyl (C=O) groups is 1. The summed E-state index contributed by atoms with van der Waals surface area (Å²) in [7, 11) is 3.04. The Morgan fingerprint density at radius 2 is 1.80 bits per heavy atom. The number of fused-ring (bicyclic) bond motifs is 1. The number of methoxy groups -OCH3 is 1. The summed E-state index contributed by atoms with van der Waals surface area (Å²) in [4.78, 5) is 28.3. The molecule has 0 saturated carbocycles. The van der Waals surface area contributed by atoms with Crippen molar-refractivity contribution >= 4 is 40.1 Å². The first kappa shape index (κ1) is 34.0. The number of rotatable bonds is 9. The number of aromatic nitrogens is 8. The van der Waals surface area contributed by atoms with E-state index in [4.69, 9.17) is 9.47 Å². The molecule has 1 amide bonds. The van der Waals surface area contributed by atoms with Gasteiger partial charge in [-0.25, -0.2) is 23.7 Å². The van der Waals surface area contributed by atoms with Crippen LogP contribution in [0.25, 0.3) is 22.6 Å². The lowest BCUT2D eigenvalue weighted by atomic mass is 10.1. The highest BCUT2D eigenvalue weighted by Crippen LogP contribution is 2.41. The molecule has 268 valence electrons. The minimum absolute atomic E-state index is 0.00714. The molecule has 0 aliphatic carbocycles. The maximum Gasteiger partial charge on any atom is 0.434 e. The van der Waals surface area contributed by atoms with Crippen LogP contribution in [0.5, 0.6) is 5.75 Å². The highest BCUT2D eigenvalue weighted by atomic mass is 19.4. The van der Waals surface area contributed by atoms with Crippen molar-refractivity contribution in [2.45, 2.75) is 50.9 Å². The van der Waals surface area contributed by atoms with Gasteiger partial charge in [-0.1, -0.05) is 6.07 Å². The Morgan fingerprint density at radius 1 is 1.00 bits per heavy atom. The molecule has 19 heteroatoms. The Bertz CT molecular complexity index is 2070. The smallest absolute Gasteiger partial charge is 0.434 e. The number of para-hydroxylation sites is 1. The lowest BCUT2D eigenvalue weighted by Crippen LogP contribution is -2.30. The number of tetrazole rings is 1. The molecule has 5 aromatic rings. The minimum atomic E-state index is -4.95. The third-order valence-corrected chi connectivity index (χ3v) is 8.60. The van der Waals surface area contributed by atoms with E-state index in [-0.39, 0.29) is 34.3 Å². The Morgan fingerprint density at radius 3 is 2.47 bits per heavy atom. The van der Waals surface area contributed by atoms with E-state index in [2.05, 4.69) is 41.0 Å². The monoisotopic (exact) mass is 713 g/mol. The zero-order chi connectivity index (χ0) is 35.9. The fourth-order valence-corrected chi connectivity index (χ4v) is 6.31. The molecule has 0 bridgehead atoms. The molecule has 0 spiro atoms. The fourth-order valence-electron chi connectivity index (χ4n) is 6.31. The molecule has 1 unspecified atom stereocenters. The van der Waals surface area contributed by atoms with Crippen molar-refractivity contribution in [1.82, 2.24) is 44.6 Å². The molecule has 51 heavy (non-hydrogen) atoms. The molecule has 1 atom stereocenters. The Hall–Kier alpha value is -5.46. The van der Waals surface area contributed by atoms with Gasteiger partial charge in [-0.05, 0) is 61.6 Å². The number of amides is 1. The third kappa shape index (κ3) is 6.72. The maximum atomic E-state index is 14.6. The topological polar surface area (TPSA) is 150 Å². The van der Waals surface area contributed by atoms with Gasteiger partial charge in [0.1, 0.15) is 23.4 Å². The predicted molar refractivity (Wildman–Crippen MR) is 173 cm³/mol. The summed E-state index contributed by atoms with van der Waals surface area (Å²) < 4.78 is 84.8. The summed E-state index contributed by atoms with van der Waals surface area (Å²) in [5, 5.41) is 18.1. The Balaban J connectivity index is 1.35. The number of hydrogen-bond acceptors (Lipinski definition) is 11. The van der Waals surface area contributed by atoms with Crippen molar-refractivity contribution < 1.29 is 36.2 Å². The van der Waals surface area contributed by atoms with Gasteiger partial charge in [0.2, 0.25) is 5.82 Å². The van der Waals surface area contributed by atoms with Gasteiger partial charge in [-0.2, -0.15) is 18.0 Å². The van der Waals surface area contributed by atoms with Crippen LogP contribution in [-0.4, -0.2) is 77.3 Å². The molecule has 14 nitrogen and oxygen atoms in total. The molecule has 6 heterocycles. The van der Waals surface area contributed by atoms with Crippen molar-refractivity contribution in [2.75, 3.05) is 37.4 Å². The molecule has 7 rings (SSSR count). The van der Waals surface area contributed by atoms with Crippen molar-refractivity contribution in [3.63, 3.8) is 0 Å². The molecule has 4 aromatic heterocycles. The van der Waals surface area contributed by atoms with Crippen molar-refractivity contribution in [1.29, 1.82) is 0 Å². The van der Waals surface area contributed by atoms with Crippen LogP contribution in [0.4, 0.5) is 45.0 Å². The molecule has 2 N–H and O–H groups in total. The highest BCUT2D eigenvalue weighted by Gasteiger charge is 2.39. The number of nitrogens with one attached hydrogen (secondary N) is 2. The van der Waals surface area contributed by atoms with Crippen LogP contribution in [0, 0.1) is 0 Å². The number of carbonyl (C=O) groups excluding carboxylic acids is 1. The van der Waals surface area contributed by atoms with Crippen LogP contribution in [-0.2, 0) is 18.0 Å². The van der Waals surface area contributed by atoms with E-state index in [9.17, 15) is 26.7 Å². The molecule has 0 radical (unpaired) electrons. The number of anilines is 4. The average molecular weight is 714 g/mol. The van der Waals surface area contributed by atoms with E-state index < -0.39 is 41.8 Å². The first-order chi connectivity index (χ1) is 24.5. The third-order valence-electron chi connectivity index (χ3n) is 8.60. The standard InChI is InChI=1S/C32H32F5N11O3/c1-46-44-28(43-45-46)17-8-7-9-19(25(17)50-2)38-20-16-22(41-29-24(20)42-30(27(33)34)48(29)23-10-3-6-15-51-23)39-21-12-11-18(26(40-21)32(35,36)37)31(49)47-13-4-5-14-47/h7-9,11-12,16,23,27H,3-6,10,13-15H2,1-2H3,(H2,38,39,40,41). The number of ether oxygens (including phenoxy) is 2. The fraction of sp³-hybridized carbons (Fsp3) is 0.406. The Labute approximate surface area is 287 Å². The first-order valence-corrected chi connectivity index (χ1v) is 16.2. The summed E-state index contributed by atoms with van der Waals surface area (Å²) in [6, 6.07) is 8.79. The summed E-state index contributed by atoms with van der Waals surface area (Å²) in [5.41, 5.74) is -0.884. The molecule has 2 aliphatic rings. The predicted octanol–water partition coefficient (Wildman–Crippen LogP) is 6.40. The van der Waals surface area contributed by atoms with E-state index in [0.717, 1.165) is 12.5 Å². The molecular formula is C32H32F5N11O3. The first-order valence-electron chi connectivity index (χ1n) is 16.2. The number of benzene rings is 1. The van der Waals surface area contributed by atoms with Gasteiger partial charge in [0.25, 0.3) is 12.3 Å². The number of hydrogen-bond donors (Lipinski definition) is 2. The van der Waals surface area contributed by atoms with E-state index in [1.165, 1.54) is 33.5 Å². The van der Waals surface area contributed by atoms with Crippen LogP contribution in [0.15, 0.2) is 36.4 Å². The zero-order valence-electron chi connectivity index (χ0n) is 27.4. The number of alkyl halides is 5. The second kappa shape index (κ2) is 13.7. The second-order valence-corrected chi connectivity index (χ2v) is 12.0. The molecule has 2 aliphatic heterocycles. The summed E-state index contributed by atoms with van der Waals surface area (Å²) in [6.07, 6.45) is -5.49. The van der Waals surface area contributed by atoms with Gasteiger partial charge in [0.15, 0.2) is 22.9 Å². The number of nitrogens with zero attached hydrogens (tertiary/aromatic N) is 9. The summed E-state index contributed by atoms with van der Waals surface area (Å²) in [5.74, 6) is -1.11. The minimum Gasteiger partial charge on any atom is -0.494 e. The highest BCUT2D eigenvalue weighted by molar-refractivity contribution is 5.96. The van der Waals surface area contributed by atoms with Crippen LogP contribution in [0.3, 0.4) is 0 Å².